The number of aromatic nitrogens is 1. The summed E-state index contributed by atoms with van der Waals surface area (Å²) in [6.07, 6.45) is 3.09. The van der Waals surface area contributed by atoms with Crippen LogP contribution in [0, 0.1) is 5.41 Å². The molecule has 1 atom stereocenters. The molecule has 0 bridgehead atoms. The van der Waals surface area contributed by atoms with Crippen LogP contribution in [0.2, 0.25) is 5.02 Å². The molecule has 1 aliphatic heterocycles. The van der Waals surface area contributed by atoms with Crippen LogP contribution in [0.1, 0.15) is 56.1 Å². The lowest BCUT2D eigenvalue weighted by Gasteiger charge is -2.39. The Morgan fingerprint density at radius 3 is 2.62 bits per heavy atom. The number of hydrogen-bond acceptors (Lipinski definition) is 5. The van der Waals surface area contributed by atoms with Crippen LogP contribution in [-0.2, 0) is 15.9 Å². The molecule has 2 aromatic rings. The summed E-state index contributed by atoms with van der Waals surface area (Å²) in [7, 11) is 1.66. The minimum atomic E-state index is -0.621. The summed E-state index contributed by atoms with van der Waals surface area (Å²) in [5, 5.41) is 0.468. The zero-order valence-corrected chi connectivity index (χ0v) is 21.4. The number of pyridine rings is 1. The van der Waals surface area contributed by atoms with Crippen LogP contribution in [0.3, 0.4) is 0 Å². The summed E-state index contributed by atoms with van der Waals surface area (Å²) in [5.41, 5.74) is 2.07. The lowest BCUT2D eigenvalue weighted by molar-refractivity contribution is 0.0523. The Labute approximate surface area is 201 Å². The number of carbonyl (C=O) groups is 1. The summed E-state index contributed by atoms with van der Waals surface area (Å²) >= 11 is 10.0. The molecule has 0 N–H and O–H groups in total. The molecule has 0 spiro atoms. The van der Waals surface area contributed by atoms with Crippen LogP contribution >= 0.6 is 27.5 Å². The van der Waals surface area contributed by atoms with Gasteiger partial charge in [-0.1, -0.05) is 32.4 Å². The molecule has 1 aliphatic rings. The van der Waals surface area contributed by atoms with Crippen molar-refractivity contribution >= 4 is 33.5 Å². The third kappa shape index (κ3) is 4.90. The Morgan fingerprint density at radius 2 is 2.00 bits per heavy atom. The maximum atomic E-state index is 13.0. The van der Waals surface area contributed by atoms with Gasteiger partial charge in [-0.25, -0.2) is 4.79 Å². The normalized spacial score (nSPS) is 15.2. The van der Waals surface area contributed by atoms with Gasteiger partial charge in [0.25, 0.3) is 0 Å². The molecule has 1 aromatic carbocycles. The maximum Gasteiger partial charge on any atom is 0.343 e. The van der Waals surface area contributed by atoms with E-state index in [1.165, 1.54) is 0 Å². The zero-order chi connectivity index (χ0) is 23.6. The topological polar surface area (TPSA) is 66.8 Å². The van der Waals surface area contributed by atoms with Crippen molar-refractivity contribution in [1.82, 2.24) is 4.57 Å². The molecule has 0 radical (unpaired) electrons. The molecule has 1 aromatic heterocycles. The lowest BCUT2D eigenvalue weighted by atomic mass is 9.79. The van der Waals surface area contributed by atoms with E-state index in [4.69, 9.17) is 25.8 Å². The quantitative estimate of drug-likeness (QED) is 0.344. The van der Waals surface area contributed by atoms with Crippen molar-refractivity contribution in [2.75, 3.05) is 26.9 Å². The van der Waals surface area contributed by atoms with E-state index in [0.717, 1.165) is 17.5 Å². The maximum absolute atomic E-state index is 13.0. The molecule has 0 aliphatic carbocycles. The number of carbonyl (C=O) groups excluding carboxylic acids is 1. The highest BCUT2D eigenvalue weighted by molar-refractivity contribution is 9.10. The van der Waals surface area contributed by atoms with Gasteiger partial charge < -0.3 is 18.8 Å². The predicted molar refractivity (Wildman–Crippen MR) is 129 cm³/mol. The van der Waals surface area contributed by atoms with Gasteiger partial charge in [-0.2, -0.15) is 0 Å². The fourth-order valence-corrected chi connectivity index (χ4v) is 4.82. The largest absolute Gasteiger partial charge is 0.492 e. The van der Waals surface area contributed by atoms with Crippen LogP contribution in [0.25, 0.3) is 11.3 Å². The third-order valence-electron chi connectivity index (χ3n) is 5.59. The van der Waals surface area contributed by atoms with Gasteiger partial charge in [-0.3, -0.25) is 4.79 Å². The van der Waals surface area contributed by atoms with Crippen LogP contribution in [0.15, 0.2) is 27.6 Å². The van der Waals surface area contributed by atoms with E-state index >= 15 is 0 Å². The van der Waals surface area contributed by atoms with Crippen LogP contribution in [0.4, 0.5) is 0 Å². The molecule has 2 heterocycles. The zero-order valence-electron chi connectivity index (χ0n) is 19.1. The summed E-state index contributed by atoms with van der Waals surface area (Å²) < 4.78 is 18.4. The average molecular weight is 527 g/mol. The number of halogens is 2. The van der Waals surface area contributed by atoms with Gasteiger partial charge in [0, 0.05) is 37.9 Å². The number of rotatable bonds is 7. The summed E-state index contributed by atoms with van der Waals surface area (Å²) in [6, 6.07) is 3.79. The molecule has 8 heteroatoms. The minimum absolute atomic E-state index is 0.00223. The van der Waals surface area contributed by atoms with E-state index in [2.05, 4.69) is 36.7 Å². The van der Waals surface area contributed by atoms with Crippen molar-refractivity contribution in [1.29, 1.82) is 0 Å². The third-order valence-corrected chi connectivity index (χ3v) is 6.62. The summed E-state index contributed by atoms with van der Waals surface area (Å²) in [6.45, 7) is 9.44. The van der Waals surface area contributed by atoms with Gasteiger partial charge in [-0.05, 0) is 52.4 Å². The van der Waals surface area contributed by atoms with Crippen molar-refractivity contribution in [3.05, 3.63) is 49.2 Å². The van der Waals surface area contributed by atoms with Gasteiger partial charge in [0.1, 0.15) is 11.3 Å². The Hall–Kier alpha value is -1.83. The van der Waals surface area contributed by atoms with Crippen molar-refractivity contribution < 1.29 is 19.0 Å². The highest BCUT2D eigenvalue weighted by Gasteiger charge is 2.36. The monoisotopic (exact) mass is 525 g/mol. The molecule has 0 saturated carbocycles. The molecule has 6 nitrogen and oxygen atoms in total. The summed E-state index contributed by atoms with van der Waals surface area (Å²) in [5.74, 6) is -0.00552. The first-order chi connectivity index (χ1) is 15.1. The fourth-order valence-electron chi connectivity index (χ4n) is 3.97. The van der Waals surface area contributed by atoms with Crippen LogP contribution in [0.5, 0.6) is 5.75 Å². The Kier molecular flexibility index (Phi) is 7.73. The number of hydrogen-bond donors (Lipinski definition) is 0. The van der Waals surface area contributed by atoms with Crippen LogP contribution in [-0.4, -0.2) is 37.5 Å². The number of fused-ring (bicyclic) bond motifs is 3. The van der Waals surface area contributed by atoms with Gasteiger partial charge in [0.05, 0.1) is 28.4 Å². The Bertz CT molecular complexity index is 1070. The lowest BCUT2D eigenvalue weighted by Crippen LogP contribution is -2.33. The van der Waals surface area contributed by atoms with Crippen LogP contribution < -0.4 is 10.2 Å². The van der Waals surface area contributed by atoms with E-state index in [0.29, 0.717) is 40.6 Å². The number of methoxy groups -OCH3 is 1. The first kappa shape index (κ1) is 24.8. The van der Waals surface area contributed by atoms with Gasteiger partial charge in [-0.15, -0.1) is 0 Å². The molecule has 3 rings (SSSR count). The molecule has 32 heavy (non-hydrogen) atoms. The Balaban J connectivity index is 2.17. The van der Waals surface area contributed by atoms with Gasteiger partial charge >= 0.3 is 5.97 Å². The van der Waals surface area contributed by atoms with Gasteiger partial charge in [0.2, 0.25) is 5.43 Å². The molecule has 0 fully saturated rings. The average Bonchev–Trinajstić information content (AvgIpc) is 2.72. The molecular formula is C24H29BrClNO5. The second kappa shape index (κ2) is 9.98. The number of esters is 1. The fraction of sp³-hybridized carbons (Fsp3) is 0.500. The molecule has 1 unspecified atom stereocenters. The standard InChI is InChI=1S/C24H29BrClNO5/c1-6-31-23(29)16-13-27-19(24(2,3)4)11-14-10-18(32-9-7-8-30-5)17(26)12-15(14)21(27)20(25)22(16)28/h10,12-13,19H,6-9,11H2,1-5H3. The van der Waals surface area contributed by atoms with Crippen molar-refractivity contribution in [2.45, 2.75) is 46.6 Å². The molecule has 0 saturated heterocycles. The van der Waals surface area contributed by atoms with Crippen molar-refractivity contribution in [3.63, 3.8) is 0 Å². The minimum Gasteiger partial charge on any atom is -0.492 e. The summed E-state index contributed by atoms with van der Waals surface area (Å²) in [4.78, 5) is 25.5. The highest BCUT2D eigenvalue weighted by atomic mass is 79.9. The first-order valence-corrected chi connectivity index (χ1v) is 11.8. The van der Waals surface area contributed by atoms with E-state index in [9.17, 15) is 9.59 Å². The van der Waals surface area contributed by atoms with E-state index in [1.807, 2.05) is 16.7 Å². The number of nitrogens with zero attached hydrogens (tertiary/aromatic N) is 1. The van der Waals surface area contributed by atoms with Crippen molar-refractivity contribution in [3.8, 4) is 17.0 Å². The SMILES string of the molecule is CCOC(=O)c1cn2c(c(Br)c1=O)-c1cc(Cl)c(OCCCOC)cc1CC2C(C)(C)C. The second-order valence-electron chi connectivity index (χ2n) is 8.88. The van der Waals surface area contributed by atoms with E-state index in [1.54, 1.807) is 20.2 Å². The number of benzene rings is 1. The second-order valence-corrected chi connectivity index (χ2v) is 10.1. The smallest absolute Gasteiger partial charge is 0.343 e. The van der Waals surface area contributed by atoms with E-state index in [-0.39, 0.29) is 23.6 Å². The number of ether oxygens (including phenoxy) is 3. The highest BCUT2D eigenvalue weighted by Crippen LogP contribution is 2.46. The van der Waals surface area contributed by atoms with E-state index < -0.39 is 11.4 Å². The first-order valence-electron chi connectivity index (χ1n) is 10.7. The predicted octanol–water partition coefficient (Wildman–Crippen LogP) is 5.67. The molecular weight excluding hydrogens is 498 g/mol. The Morgan fingerprint density at radius 1 is 1.28 bits per heavy atom. The molecule has 174 valence electrons. The van der Waals surface area contributed by atoms with Gasteiger partial charge in [0.15, 0.2) is 0 Å². The van der Waals surface area contributed by atoms with Crippen molar-refractivity contribution in [2.24, 2.45) is 5.41 Å². The molecule has 0 amide bonds.